The lowest BCUT2D eigenvalue weighted by atomic mass is 10.1. The first-order valence-corrected chi connectivity index (χ1v) is 9.63. The van der Waals surface area contributed by atoms with Crippen molar-refractivity contribution in [1.29, 1.82) is 0 Å². The third-order valence-corrected chi connectivity index (χ3v) is 5.62. The third-order valence-electron chi connectivity index (χ3n) is 5.18. The highest BCUT2D eigenvalue weighted by molar-refractivity contribution is 9.10. The molecule has 1 aromatic heterocycles. The number of nitrogens with zero attached hydrogens (tertiary/aromatic N) is 2. The summed E-state index contributed by atoms with van der Waals surface area (Å²) in [5, 5.41) is 0. The van der Waals surface area contributed by atoms with E-state index in [2.05, 4.69) is 46.0 Å². The van der Waals surface area contributed by atoms with Crippen LogP contribution in [0.25, 0.3) is 0 Å². The molecule has 2 heterocycles. The first kappa shape index (κ1) is 16.9. The third kappa shape index (κ3) is 3.67. The maximum atomic E-state index is 6.37. The van der Waals surface area contributed by atoms with E-state index < -0.39 is 0 Å². The Kier molecular flexibility index (Phi) is 4.69. The number of pyridine rings is 1. The van der Waals surface area contributed by atoms with Gasteiger partial charge in [-0.2, -0.15) is 0 Å². The van der Waals surface area contributed by atoms with Crippen LogP contribution >= 0.6 is 15.9 Å². The van der Waals surface area contributed by atoms with Gasteiger partial charge in [-0.25, -0.2) is 4.98 Å². The second-order valence-electron chi connectivity index (χ2n) is 6.96. The molecule has 2 atom stereocenters. The van der Waals surface area contributed by atoms with Crippen LogP contribution in [-0.2, 0) is 6.54 Å². The smallest absolute Gasteiger partial charge is 0.143 e. The van der Waals surface area contributed by atoms with E-state index >= 15 is 0 Å². The van der Waals surface area contributed by atoms with Gasteiger partial charge >= 0.3 is 0 Å². The molecule has 1 saturated carbocycles. The van der Waals surface area contributed by atoms with E-state index in [4.69, 9.17) is 14.5 Å². The summed E-state index contributed by atoms with van der Waals surface area (Å²) < 4.78 is 12.5. The fraction of sp³-hybridized carbons (Fsp3) is 0.450. The van der Waals surface area contributed by atoms with Crippen LogP contribution in [0.2, 0.25) is 0 Å². The molecule has 2 aliphatic rings. The van der Waals surface area contributed by atoms with Crippen molar-refractivity contribution in [3.63, 3.8) is 0 Å². The average Bonchev–Trinajstić information content (AvgIpc) is 3.46. The van der Waals surface area contributed by atoms with Crippen molar-refractivity contribution in [3.8, 4) is 11.5 Å². The Balaban J connectivity index is 1.62. The van der Waals surface area contributed by atoms with E-state index in [-0.39, 0.29) is 12.1 Å². The highest BCUT2D eigenvalue weighted by Crippen LogP contribution is 2.41. The highest BCUT2D eigenvalue weighted by Gasteiger charge is 2.38. The summed E-state index contributed by atoms with van der Waals surface area (Å²) in [5.74, 6) is 2.51. The van der Waals surface area contributed by atoms with Crippen LogP contribution in [0.1, 0.15) is 37.1 Å². The number of hydrogen-bond acceptors (Lipinski definition) is 4. The van der Waals surface area contributed by atoms with Gasteiger partial charge in [0.15, 0.2) is 0 Å². The van der Waals surface area contributed by atoms with Crippen LogP contribution in [-0.4, -0.2) is 29.6 Å². The number of benzene rings is 1. The normalized spacial score (nSPS) is 23.5. The number of methoxy groups -OCH3 is 1. The van der Waals surface area contributed by atoms with Gasteiger partial charge in [0.05, 0.1) is 13.2 Å². The SMILES string of the molecule is COc1ccc(CN2CC(C3CC3)Oc3ccc(Br)nc3C2C)cc1. The van der Waals surface area contributed by atoms with E-state index in [9.17, 15) is 0 Å². The summed E-state index contributed by atoms with van der Waals surface area (Å²) in [6.45, 7) is 4.04. The Morgan fingerprint density at radius 1 is 1.20 bits per heavy atom. The molecule has 4 nitrogen and oxygen atoms in total. The Labute approximate surface area is 157 Å². The lowest BCUT2D eigenvalue weighted by Crippen LogP contribution is -2.35. The van der Waals surface area contributed by atoms with Gasteiger partial charge in [0.1, 0.15) is 27.9 Å². The second-order valence-corrected chi connectivity index (χ2v) is 7.78. The first-order valence-electron chi connectivity index (χ1n) is 8.84. The number of hydrogen-bond donors (Lipinski definition) is 0. The van der Waals surface area contributed by atoms with E-state index in [1.807, 2.05) is 18.2 Å². The van der Waals surface area contributed by atoms with Crippen molar-refractivity contribution >= 4 is 15.9 Å². The Hall–Kier alpha value is -1.59. The largest absolute Gasteiger partial charge is 0.497 e. The summed E-state index contributed by atoms with van der Waals surface area (Å²) in [5.41, 5.74) is 2.30. The molecule has 0 saturated heterocycles. The number of aromatic nitrogens is 1. The predicted octanol–water partition coefficient (Wildman–Crippen LogP) is 4.59. The zero-order chi connectivity index (χ0) is 17.4. The molecular formula is C20H23BrN2O2. The molecule has 5 heteroatoms. The van der Waals surface area contributed by atoms with E-state index in [1.54, 1.807) is 7.11 Å². The van der Waals surface area contributed by atoms with E-state index in [0.29, 0.717) is 5.92 Å². The average molecular weight is 403 g/mol. The molecule has 0 spiro atoms. The van der Waals surface area contributed by atoms with Crippen molar-refractivity contribution < 1.29 is 9.47 Å². The molecule has 1 aliphatic heterocycles. The van der Waals surface area contributed by atoms with Gasteiger partial charge in [-0.1, -0.05) is 12.1 Å². The quantitative estimate of drug-likeness (QED) is 0.700. The van der Waals surface area contributed by atoms with Crippen molar-refractivity contribution in [2.24, 2.45) is 5.92 Å². The molecule has 2 unspecified atom stereocenters. The van der Waals surface area contributed by atoms with Crippen molar-refractivity contribution in [2.45, 2.75) is 38.5 Å². The number of halogens is 1. The zero-order valence-corrected chi connectivity index (χ0v) is 16.2. The van der Waals surface area contributed by atoms with Crippen LogP contribution in [0.15, 0.2) is 41.0 Å². The Morgan fingerprint density at radius 3 is 2.64 bits per heavy atom. The van der Waals surface area contributed by atoms with E-state index in [1.165, 1.54) is 18.4 Å². The fourth-order valence-electron chi connectivity index (χ4n) is 3.48. The molecular weight excluding hydrogens is 380 g/mol. The standard InChI is InChI=1S/C20H23BrN2O2/c1-13-20-17(9-10-19(21)22-20)25-18(15-5-6-15)12-23(13)11-14-3-7-16(24-2)8-4-14/h3-4,7-10,13,15,18H,5-6,11-12H2,1-2H3. The summed E-state index contributed by atoms with van der Waals surface area (Å²) in [7, 11) is 1.70. The van der Waals surface area contributed by atoms with Gasteiger partial charge in [0.2, 0.25) is 0 Å². The topological polar surface area (TPSA) is 34.6 Å². The molecule has 0 radical (unpaired) electrons. The maximum Gasteiger partial charge on any atom is 0.143 e. The molecule has 1 fully saturated rings. The Morgan fingerprint density at radius 2 is 1.96 bits per heavy atom. The van der Waals surface area contributed by atoms with Crippen LogP contribution < -0.4 is 9.47 Å². The number of fused-ring (bicyclic) bond motifs is 1. The lowest BCUT2D eigenvalue weighted by Gasteiger charge is -2.28. The lowest BCUT2D eigenvalue weighted by molar-refractivity contribution is 0.109. The minimum Gasteiger partial charge on any atom is -0.497 e. The molecule has 2 aromatic rings. The molecule has 1 aromatic carbocycles. The molecule has 25 heavy (non-hydrogen) atoms. The minimum absolute atomic E-state index is 0.207. The summed E-state index contributed by atoms with van der Waals surface area (Å²) >= 11 is 3.50. The molecule has 132 valence electrons. The predicted molar refractivity (Wildman–Crippen MR) is 101 cm³/mol. The van der Waals surface area contributed by atoms with E-state index in [0.717, 1.165) is 34.9 Å². The van der Waals surface area contributed by atoms with Crippen LogP contribution in [0.5, 0.6) is 11.5 Å². The monoisotopic (exact) mass is 402 g/mol. The van der Waals surface area contributed by atoms with Gasteiger partial charge in [-0.3, -0.25) is 4.90 Å². The summed E-state index contributed by atoms with van der Waals surface area (Å²) in [6, 6.07) is 12.5. The van der Waals surface area contributed by atoms with Crippen molar-refractivity contribution in [2.75, 3.05) is 13.7 Å². The number of rotatable bonds is 4. The maximum absolute atomic E-state index is 6.37. The van der Waals surface area contributed by atoms with Crippen LogP contribution in [0.3, 0.4) is 0 Å². The van der Waals surface area contributed by atoms with Crippen molar-refractivity contribution in [1.82, 2.24) is 9.88 Å². The van der Waals surface area contributed by atoms with Gasteiger partial charge in [0.25, 0.3) is 0 Å². The van der Waals surface area contributed by atoms with Gasteiger partial charge < -0.3 is 9.47 Å². The van der Waals surface area contributed by atoms with Gasteiger partial charge in [0, 0.05) is 13.1 Å². The molecule has 1 aliphatic carbocycles. The molecule has 0 N–H and O–H groups in total. The number of ether oxygens (including phenoxy) is 2. The Bertz CT molecular complexity index is 746. The molecule has 0 bridgehead atoms. The summed E-state index contributed by atoms with van der Waals surface area (Å²) in [4.78, 5) is 7.20. The van der Waals surface area contributed by atoms with Gasteiger partial charge in [-0.15, -0.1) is 0 Å². The first-order chi connectivity index (χ1) is 12.1. The van der Waals surface area contributed by atoms with Crippen LogP contribution in [0, 0.1) is 5.92 Å². The molecule has 0 amide bonds. The zero-order valence-electron chi connectivity index (χ0n) is 14.6. The fourth-order valence-corrected chi connectivity index (χ4v) is 3.80. The van der Waals surface area contributed by atoms with Crippen LogP contribution in [0.4, 0.5) is 0 Å². The highest BCUT2D eigenvalue weighted by atomic mass is 79.9. The minimum atomic E-state index is 0.207. The second kappa shape index (κ2) is 6.96. The summed E-state index contributed by atoms with van der Waals surface area (Å²) in [6.07, 6.45) is 2.80. The van der Waals surface area contributed by atoms with Crippen molar-refractivity contribution in [3.05, 3.63) is 52.3 Å². The molecule has 4 rings (SSSR count). The van der Waals surface area contributed by atoms with Gasteiger partial charge in [-0.05, 0) is 71.4 Å².